The Balaban J connectivity index is 2.70. The van der Waals surface area contributed by atoms with Gasteiger partial charge in [-0.05, 0) is 36.5 Å². The third-order valence-corrected chi connectivity index (χ3v) is 4.29. The van der Waals surface area contributed by atoms with Crippen molar-refractivity contribution in [2.45, 2.75) is 39.2 Å². The molecule has 0 bridgehead atoms. The topological polar surface area (TPSA) is 29.3 Å². The standard InChI is InChI=1S/C16H28N2S/c1-3-5-12-18(15-9-7-6-8-10-15)16(14-17)11-13-19-4-2/h6-10,16H,3-5,11-14,17H2,1-2H3. The molecule has 0 aromatic heterocycles. The van der Waals surface area contributed by atoms with Gasteiger partial charge in [-0.15, -0.1) is 0 Å². The van der Waals surface area contributed by atoms with E-state index >= 15 is 0 Å². The Hall–Kier alpha value is -0.670. The summed E-state index contributed by atoms with van der Waals surface area (Å²) < 4.78 is 0. The highest BCUT2D eigenvalue weighted by Gasteiger charge is 2.16. The van der Waals surface area contributed by atoms with Crippen LogP contribution in [0.5, 0.6) is 0 Å². The number of para-hydroxylation sites is 1. The van der Waals surface area contributed by atoms with Gasteiger partial charge in [-0.2, -0.15) is 11.8 Å². The van der Waals surface area contributed by atoms with Crippen LogP contribution in [0.25, 0.3) is 0 Å². The van der Waals surface area contributed by atoms with Crippen molar-refractivity contribution in [2.24, 2.45) is 5.73 Å². The molecule has 1 unspecified atom stereocenters. The van der Waals surface area contributed by atoms with Crippen molar-refractivity contribution >= 4 is 17.4 Å². The summed E-state index contributed by atoms with van der Waals surface area (Å²) in [4.78, 5) is 2.50. The first-order chi connectivity index (χ1) is 9.33. The average Bonchev–Trinajstić information content (AvgIpc) is 2.47. The van der Waals surface area contributed by atoms with Crippen LogP contribution in [0.15, 0.2) is 30.3 Å². The molecular weight excluding hydrogens is 252 g/mol. The first kappa shape index (κ1) is 16.4. The number of benzene rings is 1. The van der Waals surface area contributed by atoms with E-state index in [9.17, 15) is 0 Å². The molecule has 0 heterocycles. The number of hydrogen-bond donors (Lipinski definition) is 1. The molecule has 1 aromatic carbocycles. The predicted molar refractivity (Wildman–Crippen MR) is 89.2 cm³/mol. The highest BCUT2D eigenvalue weighted by molar-refractivity contribution is 7.99. The molecule has 0 spiro atoms. The fourth-order valence-electron chi connectivity index (χ4n) is 2.24. The van der Waals surface area contributed by atoms with Crippen molar-refractivity contribution in [1.82, 2.24) is 0 Å². The highest BCUT2D eigenvalue weighted by atomic mass is 32.2. The molecule has 0 saturated heterocycles. The van der Waals surface area contributed by atoms with Gasteiger partial charge in [0.1, 0.15) is 0 Å². The summed E-state index contributed by atoms with van der Waals surface area (Å²) in [5.41, 5.74) is 7.33. The van der Waals surface area contributed by atoms with Gasteiger partial charge >= 0.3 is 0 Å². The molecule has 1 atom stereocenters. The molecule has 0 radical (unpaired) electrons. The number of unbranched alkanes of at least 4 members (excludes halogenated alkanes) is 1. The van der Waals surface area contributed by atoms with Gasteiger partial charge in [0.05, 0.1) is 0 Å². The van der Waals surface area contributed by atoms with E-state index < -0.39 is 0 Å². The van der Waals surface area contributed by atoms with Crippen molar-refractivity contribution in [1.29, 1.82) is 0 Å². The zero-order valence-electron chi connectivity index (χ0n) is 12.3. The van der Waals surface area contributed by atoms with Crippen molar-refractivity contribution in [3.8, 4) is 0 Å². The smallest absolute Gasteiger partial charge is 0.0420 e. The fraction of sp³-hybridized carbons (Fsp3) is 0.625. The molecule has 3 heteroatoms. The van der Waals surface area contributed by atoms with Gasteiger partial charge < -0.3 is 10.6 Å². The zero-order chi connectivity index (χ0) is 13.9. The molecule has 0 aliphatic carbocycles. The summed E-state index contributed by atoms with van der Waals surface area (Å²) in [7, 11) is 0. The van der Waals surface area contributed by atoms with Crippen LogP contribution in [0.4, 0.5) is 5.69 Å². The molecule has 1 aromatic rings. The molecule has 19 heavy (non-hydrogen) atoms. The van der Waals surface area contributed by atoms with E-state index in [1.807, 2.05) is 11.8 Å². The number of anilines is 1. The van der Waals surface area contributed by atoms with Crippen LogP contribution in [-0.2, 0) is 0 Å². The van der Waals surface area contributed by atoms with Gasteiger partial charge in [-0.3, -0.25) is 0 Å². The Morgan fingerprint density at radius 1 is 1.21 bits per heavy atom. The summed E-state index contributed by atoms with van der Waals surface area (Å²) in [6, 6.07) is 11.2. The van der Waals surface area contributed by atoms with E-state index in [0.717, 1.165) is 13.1 Å². The number of nitrogens with two attached hydrogens (primary N) is 1. The lowest BCUT2D eigenvalue weighted by Crippen LogP contribution is -2.41. The van der Waals surface area contributed by atoms with Gasteiger partial charge in [-0.25, -0.2) is 0 Å². The van der Waals surface area contributed by atoms with Crippen LogP contribution in [0.1, 0.15) is 33.1 Å². The Bertz CT molecular complexity index is 316. The zero-order valence-corrected chi connectivity index (χ0v) is 13.2. The highest BCUT2D eigenvalue weighted by Crippen LogP contribution is 2.20. The molecule has 0 amide bonds. The maximum atomic E-state index is 6.01. The van der Waals surface area contributed by atoms with E-state index in [1.165, 1.54) is 36.5 Å². The van der Waals surface area contributed by atoms with Crippen molar-refractivity contribution < 1.29 is 0 Å². The first-order valence-electron chi connectivity index (χ1n) is 7.43. The van der Waals surface area contributed by atoms with Crippen LogP contribution < -0.4 is 10.6 Å². The van der Waals surface area contributed by atoms with Crippen molar-refractivity contribution in [3.05, 3.63) is 30.3 Å². The summed E-state index contributed by atoms with van der Waals surface area (Å²) in [5.74, 6) is 2.39. The molecule has 1 rings (SSSR count). The van der Waals surface area contributed by atoms with Crippen LogP contribution in [0.2, 0.25) is 0 Å². The lowest BCUT2D eigenvalue weighted by molar-refractivity contribution is 0.569. The van der Waals surface area contributed by atoms with E-state index in [-0.39, 0.29) is 0 Å². The minimum absolute atomic E-state index is 0.466. The third kappa shape index (κ3) is 5.87. The number of hydrogen-bond acceptors (Lipinski definition) is 3. The van der Waals surface area contributed by atoms with Crippen LogP contribution in [0.3, 0.4) is 0 Å². The third-order valence-electron chi connectivity index (χ3n) is 3.35. The van der Waals surface area contributed by atoms with Gasteiger partial charge in [-0.1, -0.05) is 38.5 Å². The minimum Gasteiger partial charge on any atom is -0.367 e. The Labute approximate surface area is 122 Å². The Kier molecular flexibility index (Phi) is 8.76. The second-order valence-electron chi connectivity index (χ2n) is 4.76. The monoisotopic (exact) mass is 280 g/mol. The maximum Gasteiger partial charge on any atom is 0.0420 e. The van der Waals surface area contributed by atoms with E-state index in [0.29, 0.717) is 6.04 Å². The summed E-state index contributed by atoms with van der Waals surface area (Å²) in [6.45, 7) is 6.31. The molecule has 108 valence electrons. The number of nitrogens with zero attached hydrogens (tertiary/aromatic N) is 1. The lowest BCUT2D eigenvalue weighted by Gasteiger charge is -2.33. The minimum atomic E-state index is 0.466. The van der Waals surface area contributed by atoms with E-state index in [4.69, 9.17) is 5.73 Å². The second kappa shape index (κ2) is 10.2. The van der Waals surface area contributed by atoms with Crippen LogP contribution >= 0.6 is 11.8 Å². The Morgan fingerprint density at radius 2 is 1.95 bits per heavy atom. The summed E-state index contributed by atoms with van der Waals surface area (Å²) in [6.07, 6.45) is 3.63. The molecule has 0 fully saturated rings. The van der Waals surface area contributed by atoms with Crippen LogP contribution in [0, 0.1) is 0 Å². The van der Waals surface area contributed by atoms with E-state index in [2.05, 4.69) is 49.1 Å². The molecule has 0 aliphatic heterocycles. The van der Waals surface area contributed by atoms with E-state index in [1.54, 1.807) is 0 Å². The van der Waals surface area contributed by atoms with Gasteiger partial charge in [0.25, 0.3) is 0 Å². The first-order valence-corrected chi connectivity index (χ1v) is 8.58. The summed E-state index contributed by atoms with van der Waals surface area (Å²) >= 11 is 2.01. The molecule has 0 aliphatic rings. The van der Waals surface area contributed by atoms with Crippen molar-refractivity contribution in [2.75, 3.05) is 29.5 Å². The Morgan fingerprint density at radius 3 is 2.53 bits per heavy atom. The quantitative estimate of drug-likeness (QED) is 0.662. The van der Waals surface area contributed by atoms with Crippen LogP contribution in [-0.4, -0.2) is 30.6 Å². The van der Waals surface area contributed by atoms with Crippen molar-refractivity contribution in [3.63, 3.8) is 0 Å². The molecule has 2 nitrogen and oxygen atoms in total. The fourth-order valence-corrected chi connectivity index (χ4v) is 2.96. The number of thioether (sulfide) groups is 1. The SMILES string of the molecule is CCCCN(c1ccccc1)C(CN)CCSCC. The average molecular weight is 280 g/mol. The predicted octanol–water partition coefficient (Wildman–Crippen LogP) is 3.76. The maximum absolute atomic E-state index is 6.01. The lowest BCUT2D eigenvalue weighted by atomic mass is 10.1. The normalized spacial score (nSPS) is 12.4. The van der Waals surface area contributed by atoms with Gasteiger partial charge in [0.15, 0.2) is 0 Å². The number of rotatable bonds is 10. The summed E-state index contributed by atoms with van der Waals surface area (Å²) in [5, 5.41) is 0. The van der Waals surface area contributed by atoms with Gasteiger partial charge in [0.2, 0.25) is 0 Å². The second-order valence-corrected chi connectivity index (χ2v) is 6.15. The molecule has 0 saturated carbocycles. The van der Waals surface area contributed by atoms with Gasteiger partial charge in [0, 0.05) is 24.8 Å². The molecular formula is C16H28N2S. The largest absolute Gasteiger partial charge is 0.367 e. The molecule has 2 N–H and O–H groups in total.